The van der Waals surface area contributed by atoms with E-state index in [1.807, 2.05) is 6.08 Å². The minimum atomic E-state index is -0.467. The van der Waals surface area contributed by atoms with Crippen LogP contribution in [0.15, 0.2) is 12.7 Å². The van der Waals surface area contributed by atoms with Crippen LogP contribution in [0.2, 0.25) is 0 Å². The van der Waals surface area contributed by atoms with Gasteiger partial charge in [-0.25, -0.2) is 0 Å². The molecular weight excluding hydrogens is 236 g/mol. The maximum atomic E-state index is 6.49. The molecule has 3 heteroatoms. The Labute approximate surface area is 111 Å². The molecule has 0 rings (SSSR count). The van der Waals surface area contributed by atoms with Crippen LogP contribution in [-0.2, 0) is 9.47 Å². The predicted octanol–water partition coefficient (Wildman–Crippen LogP) is 3.89. The molecule has 102 valence electrons. The summed E-state index contributed by atoms with van der Waals surface area (Å²) in [6.07, 6.45) is 2.52. The van der Waals surface area contributed by atoms with E-state index in [1.165, 1.54) is 0 Å². The standard InChI is InChI=1S/C14H27ClO2/c1-6-7-14(15,10-16-8-12(2)3)11-17-9-13(4)5/h6,12-13H,1,7-11H2,2-5H3. The molecule has 0 aliphatic heterocycles. The Morgan fingerprint density at radius 2 is 1.47 bits per heavy atom. The van der Waals surface area contributed by atoms with Crippen molar-refractivity contribution >= 4 is 11.6 Å². The number of alkyl halides is 1. The molecule has 0 saturated carbocycles. The third kappa shape index (κ3) is 9.63. The van der Waals surface area contributed by atoms with Crippen molar-refractivity contribution in [2.75, 3.05) is 26.4 Å². The van der Waals surface area contributed by atoms with Crippen LogP contribution in [0.3, 0.4) is 0 Å². The lowest BCUT2D eigenvalue weighted by Gasteiger charge is -2.26. The maximum absolute atomic E-state index is 6.49. The number of allylic oxidation sites excluding steroid dienone is 1. The van der Waals surface area contributed by atoms with E-state index < -0.39 is 4.87 Å². The van der Waals surface area contributed by atoms with Gasteiger partial charge < -0.3 is 9.47 Å². The zero-order chi connectivity index (χ0) is 13.3. The molecule has 0 atom stereocenters. The smallest absolute Gasteiger partial charge is 0.0945 e. The zero-order valence-electron chi connectivity index (χ0n) is 11.7. The van der Waals surface area contributed by atoms with Gasteiger partial charge in [-0.1, -0.05) is 33.8 Å². The summed E-state index contributed by atoms with van der Waals surface area (Å²) in [6.45, 7) is 14.7. The van der Waals surface area contributed by atoms with Gasteiger partial charge in [0.2, 0.25) is 0 Å². The summed E-state index contributed by atoms with van der Waals surface area (Å²) in [5.41, 5.74) is 0. The van der Waals surface area contributed by atoms with Crippen LogP contribution in [0.5, 0.6) is 0 Å². The van der Waals surface area contributed by atoms with E-state index in [0.29, 0.717) is 31.5 Å². The highest BCUT2D eigenvalue weighted by Gasteiger charge is 2.27. The summed E-state index contributed by atoms with van der Waals surface area (Å²) < 4.78 is 11.2. The second-order valence-electron chi connectivity index (χ2n) is 5.46. The van der Waals surface area contributed by atoms with Crippen molar-refractivity contribution in [1.82, 2.24) is 0 Å². The lowest BCUT2D eigenvalue weighted by molar-refractivity contribution is 0.0354. The third-order valence-corrected chi connectivity index (χ3v) is 2.51. The van der Waals surface area contributed by atoms with E-state index >= 15 is 0 Å². The molecule has 0 N–H and O–H groups in total. The summed E-state index contributed by atoms with van der Waals surface area (Å²) >= 11 is 6.49. The number of hydrogen-bond acceptors (Lipinski definition) is 2. The molecule has 17 heavy (non-hydrogen) atoms. The van der Waals surface area contributed by atoms with Crippen LogP contribution in [0.4, 0.5) is 0 Å². The van der Waals surface area contributed by atoms with Crippen LogP contribution in [0.1, 0.15) is 34.1 Å². The molecule has 0 saturated heterocycles. The molecule has 0 unspecified atom stereocenters. The van der Waals surface area contributed by atoms with Crippen LogP contribution < -0.4 is 0 Å². The second-order valence-corrected chi connectivity index (χ2v) is 6.26. The van der Waals surface area contributed by atoms with E-state index in [4.69, 9.17) is 21.1 Å². The Kier molecular flexibility index (Phi) is 8.93. The number of hydrogen-bond donors (Lipinski definition) is 0. The predicted molar refractivity (Wildman–Crippen MR) is 74.7 cm³/mol. The average Bonchev–Trinajstić information content (AvgIpc) is 2.16. The van der Waals surface area contributed by atoms with Crippen molar-refractivity contribution in [1.29, 1.82) is 0 Å². The van der Waals surface area contributed by atoms with Gasteiger partial charge in [-0.15, -0.1) is 18.2 Å². The van der Waals surface area contributed by atoms with Crippen molar-refractivity contribution in [2.45, 2.75) is 39.0 Å². The van der Waals surface area contributed by atoms with Gasteiger partial charge in [0, 0.05) is 13.2 Å². The number of rotatable bonds is 10. The summed E-state index contributed by atoms with van der Waals surface area (Å²) in [7, 11) is 0. The lowest BCUT2D eigenvalue weighted by Crippen LogP contribution is -2.34. The first-order valence-electron chi connectivity index (χ1n) is 6.35. The van der Waals surface area contributed by atoms with Crippen LogP contribution in [0.25, 0.3) is 0 Å². The Morgan fingerprint density at radius 3 is 1.76 bits per heavy atom. The van der Waals surface area contributed by atoms with Gasteiger partial charge in [0.25, 0.3) is 0 Å². The van der Waals surface area contributed by atoms with E-state index in [1.54, 1.807) is 0 Å². The SMILES string of the molecule is C=CCC(Cl)(COCC(C)C)COCC(C)C. The Balaban J connectivity index is 4.01. The topological polar surface area (TPSA) is 18.5 Å². The first kappa shape index (κ1) is 16.9. The van der Waals surface area contributed by atoms with Gasteiger partial charge in [0.1, 0.15) is 0 Å². The molecule has 0 heterocycles. The molecule has 2 nitrogen and oxygen atoms in total. The average molecular weight is 263 g/mol. The highest BCUT2D eigenvalue weighted by Crippen LogP contribution is 2.22. The van der Waals surface area contributed by atoms with Gasteiger partial charge in [0.15, 0.2) is 0 Å². The van der Waals surface area contributed by atoms with Crippen LogP contribution in [-0.4, -0.2) is 31.3 Å². The van der Waals surface area contributed by atoms with Gasteiger partial charge in [-0.3, -0.25) is 0 Å². The second kappa shape index (κ2) is 8.96. The number of ether oxygens (including phenoxy) is 2. The lowest BCUT2D eigenvalue weighted by atomic mass is 10.1. The van der Waals surface area contributed by atoms with E-state index in [0.717, 1.165) is 13.2 Å². The van der Waals surface area contributed by atoms with E-state index in [2.05, 4.69) is 34.3 Å². The first-order chi connectivity index (χ1) is 7.89. The maximum Gasteiger partial charge on any atom is 0.0945 e. The van der Waals surface area contributed by atoms with Gasteiger partial charge in [0.05, 0.1) is 18.1 Å². The largest absolute Gasteiger partial charge is 0.379 e. The summed E-state index contributed by atoms with van der Waals surface area (Å²) in [6, 6.07) is 0. The Morgan fingerprint density at radius 1 is 1.06 bits per heavy atom. The van der Waals surface area contributed by atoms with Crippen LogP contribution >= 0.6 is 11.6 Å². The first-order valence-corrected chi connectivity index (χ1v) is 6.72. The molecule has 0 amide bonds. The summed E-state index contributed by atoms with van der Waals surface area (Å²) in [5.74, 6) is 1.05. The molecule has 0 radical (unpaired) electrons. The van der Waals surface area contributed by atoms with E-state index in [-0.39, 0.29) is 0 Å². The fourth-order valence-corrected chi connectivity index (χ4v) is 1.64. The molecule has 0 spiro atoms. The normalized spacial score (nSPS) is 12.4. The van der Waals surface area contributed by atoms with Gasteiger partial charge in [-0.05, 0) is 18.3 Å². The molecule has 0 aromatic rings. The molecular formula is C14H27ClO2. The minimum absolute atomic E-state index is 0.467. The molecule has 0 aliphatic carbocycles. The summed E-state index contributed by atoms with van der Waals surface area (Å²) in [4.78, 5) is -0.467. The highest BCUT2D eigenvalue weighted by molar-refractivity contribution is 6.24. The summed E-state index contributed by atoms with van der Waals surface area (Å²) in [5, 5.41) is 0. The zero-order valence-corrected chi connectivity index (χ0v) is 12.4. The quantitative estimate of drug-likeness (QED) is 0.439. The highest BCUT2D eigenvalue weighted by atomic mass is 35.5. The Hall–Kier alpha value is -0.0500. The Bertz CT molecular complexity index is 188. The number of halogens is 1. The molecule has 0 fully saturated rings. The fraction of sp³-hybridized carbons (Fsp3) is 0.857. The van der Waals surface area contributed by atoms with Crippen molar-refractivity contribution in [3.8, 4) is 0 Å². The molecule has 0 aromatic heterocycles. The monoisotopic (exact) mass is 262 g/mol. The van der Waals surface area contributed by atoms with Crippen LogP contribution in [0, 0.1) is 11.8 Å². The fourth-order valence-electron chi connectivity index (χ4n) is 1.37. The van der Waals surface area contributed by atoms with Gasteiger partial charge in [-0.2, -0.15) is 0 Å². The molecule has 0 aromatic carbocycles. The third-order valence-electron chi connectivity index (χ3n) is 2.13. The molecule has 0 aliphatic rings. The van der Waals surface area contributed by atoms with E-state index in [9.17, 15) is 0 Å². The van der Waals surface area contributed by atoms with Crippen molar-refractivity contribution in [3.05, 3.63) is 12.7 Å². The minimum Gasteiger partial charge on any atom is -0.379 e. The molecule has 0 bridgehead atoms. The van der Waals surface area contributed by atoms with Crippen molar-refractivity contribution in [2.24, 2.45) is 11.8 Å². The van der Waals surface area contributed by atoms with Crippen molar-refractivity contribution in [3.63, 3.8) is 0 Å². The van der Waals surface area contributed by atoms with Gasteiger partial charge >= 0.3 is 0 Å². The van der Waals surface area contributed by atoms with Crippen molar-refractivity contribution < 1.29 is 9.47 Å².